The van der Waals surface area contributed by atoms with E-state index in [2.05, 4.69) is 16.4 Å². The summed E-state index contributed by atoms with van der Waals surface area (Å²) in [4.78, 5) is 15.4. The van der Waals surface area contributed by atoms with E-state index in [1.54, 1.807) is 10.6 Å². The monoisotopic (exact) mass is 311 g/mol. The van der Waals surface area contributed by atoms with Crippen LogP contribution in [-0.4, -0.2) is 22.6 Å². The van der Waals surface area contributed by atoms with Gasteiger partial charge in [-0.2, -0.15) is 0 Å². The lowest BCUT2D eigenvalue weighted by Gasteiger charge is -2.10. The van der Waals surface area contributed by atoms with E-state index in [9.17, 15) is 9.18 Å². The molecule has 0 bridgehead atoms. The maximum atomic E-state index is 13.4. The second-order valence-corrected chi connectivity index (χ2v) is 6.08. The molecule has 1 aliphatic heterocycles. The Morgan fingerprint density at radius 1 is 1.22 bits per heavy atom. The van der Waals surface area contributed by atoms with Gasteiger partial charge in [0.05, 0.1) is 17.6 Å². The molecule has 23 heavy (non-hydrogen) atoms. The summed E-state index contributed by atoms with van der Waals surface area (Å²) in [6.07, 6.45) is 1.08. The molecule has 1 aromatic heterocycles. The van der Waals surface area contributed by atoms with Crippen molar-refractivity contribution in [3.63, 3.8) is 0 Å². The fraction of sp³-hybridized carbons (Fsp3) is 0.278. The second kappa shape index (κ2) is 5.66. The van der Waals surface area contributed by atoms with Crippen LogP contribution in [0.4, 0.5) is 4.39 Å². The van der Waals surface area contributed by atoms with Gasteiger partial charge in [-0.1, -0.05) is 24.3 Å². The van der Waals surface area contributed by atoms with Crippen molar-refractivity contribution in [1.29, 1.82) is 0 Å². The molecule has 1 saturated heterocycles. The van der Waals surface area contributed by atoms with Gasteiger partial charge in [-0.05, 0) is 48.2 Å². The molecule has 0 amide bonds. The van der Waals surface area contributed by atoms with Crippen LogP contribution < -0.4 is 11.0 Å². The van der Waals surface area contributed by atoms with Gasteiger partial charge in [-0.25, -0.2) is 9.18 Å². The molecule has 4 nitrogen and oxygen atoms in total. The summed E-state index contributed by atoms with van der Waals surface area (Å²) in [5.41, 5.74) is 3.59. The van der Waals surface area contributed by atoms with Crippen molar-refractivity contribution >= 4 is 11.0 Å². The number of imidazole rings is 1. The van der Waals surface area contributed by atoms with Crippen molar-refractivity contribution in [3.05, 3.63) is 69.9 Å². The minimum atomic E-state index is -0.284. The lowest BCUT2D eigenvalue weighted by atomic mass is 9.97. The standard InChI is InChI=1S/C18H18FN3O/c19-14-4-1-3-12(9-14)11-22-16-6-2-5-15(13-7-8-20-10-13)17(16)21-18(22)23/h1-6,9,13,20H,7-8,10-11H2,(H,21,23). The van der Waals surface area contributed by atoms with Gasteiger partial charge in [0.2, 0.25) is 0 Å². The average Bonchev–Trinajstić information content (AvgIpc) is 3.16. The van der Waals surface area contributed by atoms with Gasteiger partial charge < -0.3 is 10.3 Å². The third-order valence-electron chi connectivity index (χ3n) is 4.57. The van der Waals surface area contributed by atoms with Crippen LogP contribution in [0.15, 0.2) is 47.3 Å². The molecule has 2 aromatic carbocycles. The molecule has 118 valence electrons. The van der Waals surface area contributed by atoms with Crippen molar-refractivity contribution in [2.45, 2.75) is 18.9 Å². The highest BCUT2D eigenvalue weighted by Gasteiger charge is 2.20. The SMILES string of the molecule is O=c1[nH]c2c(C3CCNC3)cccc2n1Cc1cccc(F)c1. The van der Waals surface area contributed by atoms with E-state index in [4.69, 9.17) is 0 Å². The summed E-state index contributed by atoms with van der Waals surface area (Å²) < 4.78 is 15.1. The predicted molar refractivity (Wildman–Crippen MR) is 88.3 cm³/mol. The van der Waals surface area contributed by atoms with Crippen LogP contribution in [0, 0.1) is 5.82 Å². The molecule has 2 N–H and O–H groups in total. The highest BCUT2D eigenvalue weighted by atomic mass is 19.1. The van der Waals surface area contributed by atoms with Gasteiger partial charge in [0.1, 0.15) is 5.82 Å². The Hall–Kier alpha value is -2.40. The Morgan fingerprint density at radius 2 is 2.09 bits per heavy atom. The molecule has 0 radical (unpaired) electrons. The topological polar surface area (TPSA) is 49.8 Å². The first-order chi connectivity index (χ1) is 11.2. The van der Waals surface area contributed by atoms with Gasteiger partial charge in [0, 0.05) is 6.54 Å². The number of fused-ring (bicyclic) bond motifs is 1. The zero-order valence-corrected chi connectivity index (χ0v) is 12.7. The summed E-state index contributed by atoms with van der Waals surface area (Å²) in [6.45, 7) is 2.31. The van der Waals surface area contributed by atoms with Crippen molar-refractivity contribution in [3.8, 4) is 0 Å². The number of hydrogen-bond donors (Lipinski definition) is 2. The number of rotatable bonds is 3. The smallest absolute Gasteiger partial charge is 0.316 e. The molecule has 0 aliphatic carbocycles. The van der Waals surface area contributed by atoms with Crippen LogP contribution in [-0.2, 0) is 6.54 Å². The van der Waals surface area contributed by atoms with Gasteiger partial charge in [-0.3, -0.25) is 4.57 Å². The Bertz CT molecular complexity index is 906. The van der Waals surface area contributed by atoms with E-state index in [-0.39, 0.29) is 11.5 Å². The molecular weight excluding hydrogens is 293 g/mol. The number of H-pyrrole nitrogens is 1. The molecule has 1 fully saturated rings. The molecule has 1 unspecified atom stereocenters. The number of nitrogens with one attached hydrogen (secondary N) is 2. The van der Waals surface area contributed by atoms with E-state index in [1.807, 2.05) is 18.2 Å². The van der Waals surface area contributed by atoms with Crippen LogP contribution in [0.1, 0.15) is 23.5 Å². The van der Waals surface area contributed by atoms with Crippen LogP contribution in [0.2, 0.25) is 0 Å². The third kappa shape index (κ3) is 2.57. The van der Waals surface area contributed by atoms with Gasteiger partial charge >= 0.3 is 5.69 Å². The summed E-state index contributed by atoms with van der Waals surface area (Å²) >= 11 is 0. The number of hydrogen-bond acceptors (Lipinski definition) is 2. The van der Waals surface area contributed by atoms with Crippen molar-refractivity contribution in [2.75, 3.05) is 13.1 Å². The van der Waals surface area contributed by atoms with Crippen LogP contribution in [0.25, 0.3) is 11.0 Å². The minimum absolute atomic E-state index is 0.150. The Kier molecular flexibility index (Phi) is 3.50. The molecule has 1 aliphatic rings. The van der Waals surface area contributed by atoms with Crippen molar-refractivity contribution in [2.24, 2.45) is 0 Å². The fourth-order valence-corrected chi connectivity index (χ4v) is 3.44. The van der Waals surface area contributed by atoms with E-state index < -0.39 is 0 Å². The van der Waals surface area contributed by atoms with E-state index in [0.29, 0.717) is 12.5 Å². The van der Waals surface area contributed by atoms with Gasteiger partial charge in [0.25, 0.3) is 0 Å². The summed E-state index contributed by atoms with van der Waals surface area (Å²) in [6, 6.07) is 12.4. The maximum absolute atomic E-state index is 13.4. The summed E-state index contributed by atoms with van der Waals surface area (Å²) in [5, 5.41) is 3.36. The van der Waals surface area contributed by atoms with Gasteiger partial charge in [-0.15, -0.1) is 0 Å². The molecule has 3 aromatic rings. The molecule has 5 heteroatoms. The van der Waals surface area contributed by atoms with E-state index in [0.717, 1.165) is 36.1 Å². The number of benzene rings is 2. The maximum Gasteiger partial charge on any atom is 0.326 e. The first kappa shape index (κ1) is 14.2. The Balaban J connectivity index is 1.80. The quantitative estimate of drug-likeness (QED) is 0.781. The highest BCUT2D eigenvalue weighted by Crippen LogP contribution is 2.28. The lowest BCUT2D eigenvalue weighted by molar-refractivity contribution is 0.623. The normalized spacial score (nSPS) is 17.9. The van der Waals surface area contributed by atoms with Crippen molar-refractivity contribution in [1.82, 2.24) is 14.9 Å². The first-order valence-corrected chi connectivity index (χ1v) is 7.89. The second-order valence-electron chi connectivity index (χ2n) is 6.08. The van der Waals surface area contributed by atoms with Crippen LogP contribution in [0.3, 0.4) is 0 Å². The molecule has 2 heterocycles. The zero-order valence-electron chi connectivity index (χ0n) is 12.7. The lowest BCUT2D eigenvalue weighted by Crippen LogP contribution is -2.17. The highest BCUT2D eigenvalue weighted by molar-refractivity contribution is 5.79. The largest absolute Gasteiger partial charge is 0.326 e. The average molecular weight is 311 g/mol. The summed E-state index contributed by atoms with van der Waals surface area (Å²) in [5.74, 6) is 0.146. The van der Waals surface area contributed by atoms with Gasteiger partial charge in [0.15, 0.2) is 0 Å². The molecule has 4 rings (SSSR count). The number of para-hydroxylation sites is 1. The Morgan fingerprint density at radius 3 is 2.87 bits per heavy atom. The Labute approximate surface area is 133 Å². The van der Waals surface area contributed by atoms with E-state index >= 15 is 0 Å². The zero-order chi connectivity index (χ0) is 15.8. The van der Waals surface area contributed by atoms with Crippen LogP contribution in [0.5, 0.6) is 0 Å². The fourth-order valence-electron chi connectivity index (χ4n) is 3.44. The van der Waals surface area contributed by atoms with E-state index in [1.165, 1.54) is 17.7 Å². The summed E-state index contributed by atoms with van der Waals surface area (Å²) in [7, 11) is 0. The number of halogens is 1. The molecule has 0 saturated carbocycles. The molecule has 1 atom stereocenters. The first-order valence-electron chi connectivity index (χ1n) is 7.89. The third-order valence-corrected chi connectivity index (χ3v) is 4.57. The number of aromatic amines is 1. The number of nitrogens with zero attached hydrogens (tertiary/aromatic N) is 1. The molecular formula is C18H18FN3O. The van der Waals surface area contributed by atoms with Crippen molar-refractivity contribution < 1.29 is 4.39 Å². The number of aromatic nitrogens is 2. The predicted octanol–water partition coefficient (Wildman–Crippen LogP) is 2.59. The molecule has 0 spiro atoms. The minimum Gasteiger partial charge on any atom is -0.316 e. The van der Waals surface area contributed by atoms with Crippen LogP contribution >= 0.6 is 0 Å².